The van der Waals surface area contributed by atoms with Gasteiger partial charge in [0.15, 0.2) is 0 Å². The zero-order valence-corrected chi connectivity index (χ0v) is 8.31. The van der Waals surface area contributed by atoms with Crippen LogP contribution in [0.4, 0.5) is 0 Å². The summed E-state index contributed by atoms with van der Waals surface area (Å²) in [6.07, 6.45) is 1.61. The molecule has 0 bridgehead atoms. The van der Waals surface area contributed by atoms with Crippen molar-refractivity contribution < 1.29 is 9.21 Å². The third-order valence-electron chi connectivity index (χ3n) is 2.52. The van der Waals surface area contributed by atoms with E-state index in [1.807, 2.05) is 24.3 Å². The molecule has 0 spiro atoms. The van der Waals surface area contributed by atoms with Gasteiger partial charge in [0.25, 0.3) is 5.91 Å². The summed E-state index contributed by atoms with van der Waals surface area (Å²) in [5.74, 6) is -0.553. The summed E-state index contributed by atoms with van der Waals surface area (Å²) in [7, 11) is 0. The van der Waals surface area contributed by atoms with Crippen molar-refractivity contribution >= 4 is 27.8 Å². The van der Waals surface area contributed by atoms with Crippen LogP contribution in [0.25, 0.3) is 21.9 Å². The Morgan fingerprint density at radius 1 is 1.19 bits per heavy atom. The SMILES string of the molecule is NC(=O)c1cc2oc3ccccc3c2cn1. The predicted molar refractivity (Wildman–Crippen MR) is 60.0 cm³/mol. The molecule has 16 heavy (non-hydrogen) atoms. The first-order valence-electron chi connectivity index (χ1n) is 4.83. The van der Waals surface area contributed by atoms with E-state index in [1.165, 1.54) is 0 Å². The van der Waals surface area contributed by atoms with Gasteiger partial charge in [-0.3, -0.25) is 9.78 Å². The number of aromatic nitrogens is 1. The number of amides is 1. The molecule has 2 heterocycles. The first kappa shape index (κ1) is 8.91. The standard InChI is InChI=1S/C12H8N2O2/c13-12(15)9-5-11-8(6-14-9)7-3-1-2-4-10(7)16-11/h1-6H,(H2,13,15). The summed E-state index contributed by atoms with van der Waals surface area (Å²) in [5.41, 5.74) is 6.78. The van der Waals surface area contributed by atoms with Crippen molar-refractivity contribution in [2.24, 2.45) is 5.73 Å². The van der Waals surface area contributed by atoms with Gasteiger partial charge in [0, 0.05) is 23.0 Å². The third kappa shape index (κ3) is 1.16. The molecule has 0 saturated carbocycles. The molecule has 0 aliphatic heterocycles. The van der Waals surface area contributed by atoms with Gasteiger partial charge in [-0.2, -0.15) is 0 Å². The molecule has 0 aliphatic rings. The number of rotatable bonds is 1. The number of nitrogens with two attached hydrogens (primary N) is 1. The summed E-state index contributed by atoms with van der Waals surface area (Å²) in [6.45, 7) is 0. The second-order valence-electron chi connectivity index (χ2n) is 3.53. The summed E-state index contributed by atoms with van der Waals surface area (Å²) < 4.78 is 5.60. The number of para-hydroxylation sites is 1. The van der Waals surface area contributed by atoms with Gasteiger partial charge >= 0.3 is 0 Å². The largest absolute Gasteiger partial charge is 0.456 e. The van der Waals surface area contributed by atoms with Crippen molar-refractivity contribution in [1.82, 2.24) is 4.98 Å². The Balaban J connectivity index is 2.41. The van der Waals surface area contributed by atoms with Crippen LogP contribution in [0.5, 0.6) is 0 Å². The lowest BCUT2D eigenvalue weighted by Crippen LogP contribution is -2.12. The molecule has 0 aliphatic carbocycles. The second kappa shape index (κ2) is 3.06. The number of carbonyl (C=O) groups excluding carboxylic acids is 1. The average molecular weight is 212 g/mol. The lowest BCUT2D eigenvalue weighted by Gasteiger charge is -1.92. The highest BCUT2D eigenvalue weighted by Crippen LogP contribution is 2.27. The van der Waals surface area contributed by atoms with E-state index < -0.39 is 5.91 Å². The maximum atomic E-state index is 11.0. The zero-order valence-electron chi connectivity index (χ0n) is 8.31. The molecule has 3 aromatic rings. The number of benzene rings is 1. The number of pyridine rings is 1. The molecule has 0 unspecified atom stereocenters. The van der Waals surface area contributed by atoms with E-state index >= 15 is 0 Å². The van der Waals surface area contributed by atoms with Crippen LogP contribution in [-0.4, -0.2) is 10.9 Å². The number of hydrogen-bond donors (Lipinski definition) is 1. The minimum atomic E-state index is -0.553. The van der Waals surface area contributed by atoms with E-state index in [9.17, 15) is 4.79 Å². The Morgan fingerprint density at radius 3 is 2.81 bits per heavy atom. The average Bonchev–Trinajstić information content (AvgIpc) is 2.66. The van der Waals surface area contributed by atoms with Gasteiger partial charge in [0.05, 0.1) is 0 Å². The Hall–Kier alpha value is -2.36. The van der Waals surface area contributed by atoms with Crippen LogP contribution in [0.2, 0.25) is 0 Å². The van der Waals surface area contributed by atoms with Gasteiger partial charge in [-0.1, -0.05) is 18.2 Å². The van der Waals surface area contributed by atoms with Gasteiger partial charge in [-0.25, -0.2) is 0 Å². The Morgan fingerprint density at radius 2 is 2.00 bits per heavy atom. The highest BCUT2D eigenvalue weighted by Gasteiger charge is 2.09. The molecule has 3 rings (SSSR count). The fourth-order valence-corrected chi connectivity index (χ4v) is 1.75. The summed E-state index contributed by atoms with van der Waals surface area (Å²) in [6, 6.07) is 9.22. The van der Waals surface area contributed by atoms with E-state index in [0.717, 1.165) is 16.4 Å². The Kier molecular flexibility index (Phi) is 1.71. The van der Waals surface area contributed by atoms with E-state index in [2.05, 4.69) is 4.98 Å². The molecule has 2 aromatic heterocycles. The quantitative estimate of drug-likeness (QED) is 0.671. The van der Waals surface area contributed by atoms with Gasteiger partial charge in [-0.05, 0) is 6.07 Å². The first-order chi connectivity index (χ1) is 7.75. The van der Waals surface area contributed by atoms with Crippen LogP contribution in [0, 0.1) is 0 Å². The van der Waals surface area contributed by atoms with E-state index in [1.54, 1.807) is 12.3 Å². The van der Waals surface area contributed by atoms with Crippen molar-refractivity contribution in [1.29, 1.82) is 0 Å². The first-order valence-corrected chi connectivity index (χ1v) is 4.83. The molecular formula is C12H8N2O2. The molecule has 4 nitrogen and oxygen atoms in total. The van der Waals surface area contributed by atoms with E-state index in [-0.39, 0.29) is 5.69 Å². The third-order valence-corrected chi connectivity index (χ3v) is 2.52. The Labute approximate surface area is 90.7 Å². The lowest BCUT2D eigenvalue weighted by molar-refractivity contribution is 0.0995. The van der Waals surface area contributed by atoms with Crippen LogP contribution < -0.4 is 5.73 Å². The fraction of sp³-hybridized carbons (Fsp3) is 0. The highest BCUT2D eigenvalue weighted by atomic mass is 16.3. The molecule has 0 fully saturated rings. The molecule has 4 heteroatoms. The number of primary amides is 1. The zero-order chi connectivity index (χ0) is 11.1. The fourth-order valence-electron chi connectivity index (χ4n) is 1.75. The van der Waals surface area contributed by atoms with E-state index in [0.29, 0.717) is 5.58 Å². The van der Waals surface area contributed by atoms with Crippen molar-refractivity contribution in [3.05, 3.63) is 42.2 Å². The molecule has 0 saturated heterocycles. The van der Waals surface area contributed by atoms with Crippen LogP contribution >= 0.6 is 0 Å². The van der Waals surface area contributed by atoms with Crippen LogP contribution in [0.3, 0.4) is 0 Å². The second-order valence-corrected chi connectivity index (χ2v) is 3.53. The Bertz CT molecular complexity index is 700. The van der Waals surface area contributed by atoms with Gasteiger partial charge in [-0.15, -0.1) is 0 Å². The molecule has 0 radical (unpaired) electrons. The number of carbonyl (C=O) groups is 1. The normalized spacial score (nSPS) is 11.0. The minimum absolute atomic E-state index is 0.214. The number of hydrogen-bond acceptors (Lipinski definition) is 3. The predicted octanol–water partition coefficient (Wildman–Crippen LogP) is 2.08. The van der Waals surface area contributed by atoms with E-state index in [4.69, 9.17) is 10.2 Å². The van der Waals surface area contributed by atoms with Crippen molar-refractivity contribution in [3.8, 4) is 0 Å². The van der Waals surface area contributed by atoms with Gasteiger partial charge in [0.2, 0.25) is 0 Å². The minimum Gasteiger partial charge on any atom is -0.456 e. The number of furan rings is 1. The highest BCUT2D eigenvalue weighted by molar-refractivity contribution is 6.06. The number of nitrogens with zero attached hydrogens (tertiary/aromatic N) is 1. The van der Waals surface area contributed by atoms with Crippen molar-refractivity contribution in [3.63, 3.8) is 0 Å². The van der Waals surface area contributed by atoms with Crippen LogP contribution in [0.1, 0.15) is 10.5 Å². The molecule has 1 aromatic carbocycles. The summed E-state index contributed by atoms with van der Waals surface area (Å²) >= 11 is 0. The molecular weight excluding hydrogens is 204 g/mol. The number of fused-ring (bicyclic) bond motifs is 3. The van der Waals surface area contributed by atoms with Crippen LogP contribution in [-0.2, 0) is 0 Å². The topological polar surface area (TPSA) is 69.1 Å². The molecule has 1 amide bonds. The summed E-state index contributed by atoms with van der Waals surface area (Å²) in [5, 5.41) is 1.88. The molecule has 78 valence electrons. The van der Waals surface area contributed by atoms with Crippen molar-refractivity contribution in [2.75, 3.05) is 0 Å². The molecule has 0 atom stereocenters. The maximum absolute atomic E-state index is 11.0. The smallest absolute Gasteiger partial charge is 0.267 e. The maximum Gasteiger partial charge on any atom is 0.267 e. The molecule has 2 N–H and O–H groups in total. The van der Waals surface area contributed by atoms with Gasteiger partial charge in [0.1, 0.15) is 16.9 Å². The van der Waals surface area contributed by atoms with Gasteiger partial charge < -0.3 is 10.2 Å². The lowest BCUT2D eigenvalue weighted by atomic mass is 10.2. The monoisotopic (exact) mass is 212 g/mol. The summed E-state index contributed by atoms with van der Waals surface area (Å²) in [4.78, 5) is 15.0. The van der Waals surface area contributed by atoms with Crippen molar-refractivity contribution in [2.45, 2.75) is 0 Å². The van der Waals surface area contributed by atoms with Crippen LogP contribution in [0.15, 0.2) is 40.9 Å².